The number of carbonyl (C=O) groups is 1. The van der Waals surface area contributed by atoms with Gasteiger partial charge in [-0.05, 0) is 35.8 Å². The quantitative estimate of drug-likeness (QED) is 0.500. The molecule has 0 unspecified atom stereocenters. The largest absolute Gasteiger partial charge is 0.445 e. The molecule has 31 heavy (non-hydrogen) atoms. The van der Waals surface area contributed by atoms with E-state index < -0.39 is 22.3 Å². The van der Waals surface area contributed by atoms with Crippen molar-refractivity contribution in [1.82, 2.24) is 5.32 Å². The zero-order valence-electron chi connectivity index (χ0n) is 16.8. The highest BCUT2D eigenvalue weighted by atomic mass is 32.2. The molecule has 0 fully saturated rings. The van der Waals surface area contributed by atoms with Gasteiger partial charge in [0.15, 0.2) is 0 Å². The van der Waals surface area contributed by atoms with E-state index in [0.29, 0.717) is 6.42 Å². The molecule has 160 valence electrons. The van der Waals surface area contributed by atoms with Crippen LogP contribution >= 0.6 is 0 Å². The minimum absolute atomic E-state index is 0.115. The summed E-state index contributed by atoms with van der Waals surface area (Å²) in [5.41, 5.74) is 1.79. The van der Waals surface area contributed by atoms with E-state index in [2.05, 4.69) is 5.32 Å². The fourth-order valence-electron chi connectivity index (χ4n) is 2.78. The van der Waals surface area contributed by atoms with Gasteiger partial charge in [0, 0.05) is 0 Å². The van der Waals surface area contributed by atoms with Gasteiger partial charge in [0.1, 0.15) is 12.4 Å². The van der Waals surface area contributed by atoms with E-state index in [-0.39, 0.29) is 12.4 Å². The Kier molecular flexibility index (Phi) is 7.84. The van der Waals surface area contributed by atoms with Crippen LogP contribution in [0.5, 0.6) is 5.75 Å². The first-order valence-electron chi connectivity index (χ1n) is 9.69. The normalized spacial score (nSPS) is 12.3. The van der Waals surface area contributed by atoms with Crippen LogP contribution in [0.1, 0.15) is 11.1 Å². The average Bonchev–Trinajstić information content (AvgIpc) is 2.78. The molecular formula is C24H23NO5S. The summed E-state index contributed by atoms with van der Waals surface area (Å²) < 4.78 is 34.9. The number of carbonyl (C=O) groups excluding carboxylic acids is 1. The molecule has 0 heterocycles. The predicted octanol–water partition coefficient (Wildman–Crippen LogP) is 4.45. The van der Waals surface area contributed by atoms with Crippen LogP contribution in [0.3, 0.4) is 0 Å². The monoisotopic (exact) mass is 437 g/mol. The van der Waals surface area contributed by atoms with E-state index in [1.165, 1.54) is 6.08 Å². The van der Waals surface area contributed by atoms with Gasteiger partial charge in [0.25, 0.3) is 0 Å². The fraction of sp³-hybridized carbons (Fsp3) is 0.125. The van der Waals surface area contributed by atoms with Gasteiger partial charge in [0.2, 0.25) is 0 Å². The molecule has 0 aromatic heterocycles. The molecule has 0 aliphatic carbocycles. The van der Waals surface area contributed by atoms with Gasteiger partial charge in [-0.2, -0.15) is 8.42 Å². The van der Waals surface area contributed by atoms with E-state index >= 15 is 0 Å². The summed E-state index contributed by atoms with van der Waals surface area (Å²) in [6.07, 6.45) is 1.13. The van der Waals surface area contributed by atoms with E-state index in [0.717, 1.165) is 16.5 Å². The Hall–Kier alpha value is -3.58. The first-order valence-corrected chi connectivity index (χ1v) is 11.2. The summed E-state index contributed by atoms with van der Waals surface area (Å²) in [4.78, 5) is 12.3. The molecule has 0 spiro atoms. The van der Waals surface area contributed by atoms with Crippen molar-refractivity contribution >= 4 is 16.2 Å². The molecule has 0 saturated heterocycles. The zero-order chi connectivity index (χ0) is 21.9. The highest BCUT2D eigenvalue weighted by Gasteiger charge is 2.15. The third-order valence-corrected chi connectivity index (χ3v) is 5.16. The molecule has 0 aliphatic rings. The number of benzene rings is 3. The van der Waals surface area contributed by atoms with Crippen molar-refractivity contribution in [2.75, 3.05) is 0 Å². The Morgan fingerprint density at radius 2 is 1.39 bits per heavy atom. The number of nitrogens with one attached hydrogen (secondary N) is 1. The molecule has 1 amide bonds. The third kappa shape index (κ3) is 7.98. The molecule has 0 radical (unpaired) electrons. The number of hydrogen-bond acceptors (Lipinski definition) is 5. The lowest BCUT2D eigenvalue weighted by Crippen LogP contribution is -2.35. The average molecular weight is 438 g/mol. The van der Waals surface area contributed by atoms with Crippen LogP contribution < -0.4 is 9.50 Å². The Bertz CT molecular complexity index is 1080. The van der Waals surface area contributed by atoms with Crippen molar-refractivity contribution < 1.29 is 22.1 Å². The Balaban J connectivity index is 1.66. The Labute approximate surface area is 182 Å². The lowest BCUT2D eigenvalue weighted by atomic mass is 10.1. The van der Waals surface area contributed by atoms with Gasteiger partial charge in [-0.15, -0.1) is 0 Å². The first kappa shape index (κ1) is 22.1. The van der Waals surface area contributed by atoms with Crippen molar-refractivity contribution in [3.8, 4) is 5.75 Å². The number of rotatable bonds is 9. The van der Waals surface area contributed by atoms with Gasteiger partial charge in [0.05, 0.1) is 11.4 Å². The minimum atomic E-state index is -3.99. The maximum absolute atomic E-state index is 12.3. The van der Waals surface area contributed by atoms with Crippen molar-refractivity contribution in [3.05, 3.63) is 114 Å². The maximum atomic E-state index is 12.3. The molecule has 3 rings (SSSR count). The minimum Gasteiger partial charge on any atom is -0.445 e. The smallest absolute Gasteiger partial charge is 0.407 e. The molecule has 3 aromatic rings. The predicted molar refractivity (Wildman–Crippen MR) is 119 cm³/mol. The Morgan fingerprint density at radius 1 is 0.839 bits per heavy atom. The molecule has 0 bridgehead atoms. The second-order valence-corrected chi connectivity index (χ2v) is 8.14. The summed E-state index contributed by atoms with van der Waals surface area (Å²) in [5, 5.41) is 3.65. The van der Waals surface area contributed by atoms with Gasteiger partial charge >= 0.3 is 16.2 Å². The van der Waals surface area contributed by atoms with Crippen LogP contribution in [-0.2, 0) is 27.9 Å². The molecule has 0 aliphatic heterocycles. The van der Waals surface area contributed by atoms with Crippen LogP contribution in [0.15, 0.2) is 102 Å². The molecule has 6 nitrogen and oxygen atoms in total. The lowest BCUT2D eigenvalue weighted by Gasteiger charge is -2.15. The van der Waals surface area contributed by atoms with Gasteiger partial charge < -0.3 is 14.2 Å². The van der Waals surface area contributed by atoms with Gasteiger partial charge in [-0.3, -0.25) is 0 Å². The topological polar surface area (TPSA) is 81.7 Å². The highest BCUT2D eigenvalue weighted by molar-refractivity contribution is 7.90. The van der Waals surface area contributed by atoms with Gasteiger partial charge in [-0.1, -0.05) is 78.9 Å². The molecule has 1 atom stereocenters. The second-order valence-electron chi connectivity index (χ2n) is 6.72. The van der Waals surface area contributed by atoms with Crippen LogP contribution in [0.25, 0.3) is 0 Å². The van der Waals surface area contributed by atoms with Gasteiger partial charge in [-0.25, -0.2) is 4.79 Å². The summed E-state index contributed by atoms with van der Waals surface area (Å²) in [7, 11) is -3.99. The molecule has 0 saturated carbocycles. The number of amides is 1. The Morgan fingerprint density at radius 3 is 2.00 bits per heavy atom. The van der Waals surface area contributed by atoms with E-state index in [1.807, 2.05) is 60.7 Å². The summed E-state index contributed by atoms with van der Waals surface area (Å²) >= 11 is 0. The molecule has 7 heteroatoms. The zero-order valence-corrected chi connectivity index (χ0v) is 17.6. The maximum Gasteiger partial charge on any atom is 0.407 e. The van der Waals surface area contributed by atoms with Crippen molar-refractivity contribution in [2.45, 2.75) is 19.1 Å². The molecular weight excluding hydrogens is 414 g/mol. The number of hydrogen-bond donors (Lipinski definition) is 1. The summed E-state index contributed by atoms with van der Waals surface area (Å²) in [5.74, 6) is 0.210. The number of alkyl carbamates (subject to hydrolysis) is 1. The van der Waals surface area contributed by atoms with E-state index in [4.69, 9.17) is 8.92 Å². The fourth-order valence-corrected chi connectivity index (χ4v) is 3.60. The van der Waals surface area contributed by atoms with Crippen molar-refractivity contribution in [2.24, 2.45) is 0 Å². The molecule has 3 aromatic carbocycles. The highest BCUT2D eigenvalue weighted by Crippen LogP contribution is 2.13. The van der Waals surface area contributed by atoms with Crippen LogP contribution in [-0.4, -0.2) is 20.6 Å². The second kappa shape index (κ2) is 11.0. The van der Waals surface area contributed by atoms with E-state index in [1.54, 1.807) is 30.3 Å². The third-order valence-electron chi connectivity index (χ3n) is 4.25. The van der Waals surface area contributed by atoms with E-state index in [9.17, 15) is 13.2 Å². The van der Waals surface area contributed by atoms with Crippen LogP contribution in [0.2, 0.25) is 0 Å². The SMILES string of the molecule is O=C(N[C@H](/C=C\S(=O)(=O)Oc1ccccc1)Cc1ccccc1)OCc1ccccc1. The molecule has 1 N–H and O–H groups in total. The lowest BCUT2D eigenvalue weighted by molar-refractivity contribution is 0.137. The summed E-state index contributed by atoms with van der Waals surface area (Å²) in [6, 6.07) is 26.3. The summed E-state index contributed by atoms with van der Waals surface area (Å²) in [6.45, 7) is 0.115. The van der Waals surface area contributed by atoms with Crippen molar-refractivity contribution in [3.63, 3.8) is 0 Å². The standard InChI is InChI=1S/C24H23NO5S/c26-24(29-19-21-12-6-2-7-13-21)25-22(18-20-10-4-1-5-11-20)16-17-31(27,28)30-23-14-8-3-9-15-23/h1-17,22H,18-19H2,(H,25,26)/b17-16-/t22-/m1/s1. The van der Waals surface area contributed by atoms with Crippen LogP contribution in [0.4, 0.5) is 4.79 Å². The number of para-hydroxylation sites is 1. The number of ether oxygens (including phenoxy) is 1. The van der Waals surface area contributed by atoms with Crippen molar-refractivity contribution in [1.29, 1.82) is 0 Å². The first-order chi connectivity index (χ1) is 15.0. The van der Waals surface area contributed by atoms with Crippen LogP contribution in [0, 0.1) is 0 Å².